The second-order valence-electron chi connectivity index (χ2n) is 8.84. The van der Waals surface area contributed by atoms with E-state index in [-0.39, 0.29) is 17.1 Å². The summed E-state index contributed by atoms with van der Waals surface area (Å²) >= 11 is 0. The van der Waals surface area contributed by atoms with Crippen LogP contribution in [0, 0.1) is 0 Å². The van der Waals surface area contributed by atoms with E-state index >= 15 is 0 Å². The molecular formula is C22H30N4O. The quantitative estimate of drug-likeness (QED) is 0.896. The van der Waals surface area contributed by atoms with Crippen LogP contribution in [0.4, 0.5) is 0 Å². The number of aromatic nitrogens is 3. The maximum Gasteiger partial charge on any atom is 0.0691 e. The molecule has 2 N–H and O–H groups in total. The third-order valence-electron chi connectivity index (χ3n) is 7.13. The summed E-state index contributed by atoms with van der Waals surface area (Å²) in [4.78, 5) is 4.80. The molecule has 0 radical (unpaired) electrons. The van der Waals surface area contributed by atoms with Crippen LogP contribution < -0.4 is 5.73 Å². The number of rotatable bonds is 4. The molecule has 2 aromatic rings. The minimum atomic E-state index is 0.0775. The number of hydrogen-bond acceptors (Lipinski definition) is 4. The molecule has 4 heterocycles. The van der Waals surface area contributed by atoms with Crippen molar-refractivity contribution in [2.75, 3.05) is 6.61 Å². The van der Waals surface area contributed by atoms with Gasteiger partial charge >= 0.3 is 0 Å². The summed E-state index contributed by atoms with van der Waals surface area (Å²) in [6, 6.07) is 8.75. The number of nitrogens with zero attached hydrogens (tertiary/aromatic N) is 3. The van der Waals surface area contributed by atoms with E-state index in [0.29, 0.717) is 0 Å². The minimum absolute atomic E-state index is 0.0775. The van der Waals surface area contributed by atoms with Crippen molar-refractivity contribution in [1.82, 2.24) is 14.8 Å². The highest BCUT2D eigenvalue weighted by Gasteiger charge is 2.48. The van der Waals surface area contributed by atoms with E-state index in [1.54, 1.807) is 0 Å². The van der Waals surface area contributed by atoms with Crippen LogP contribution in [0.2, 0.25) is 0 Å². The van der Waals surface area contributed by atoms with Gasteiger partial charge in [0.25, 0.3) is 0 Å². The van der Waals surface area contributed by atoms with Crippen molar-refractivity contribution in [2.45, 2.75) is 81.4 Å². The molecular weight excluding hydrogens is 336 g/mol. The third kappa shape index (κ3) is 3.11. The second kappa shape index (κ2) is 6.71. The lowest BCUT2D eigenvalue weighted by Crippen LogP contribution is -2.46. The van der Waals surface area contributed by atoms with Crippen molar-refractivity contribution in [3.8, 4) is 0 Å². The average Bonchev–Trinajstić information content (AvgIpc) is 3.40. The molecule has 2 fully saturated rings. The first-order valence-corrected chi connectivity index (χ1v) is 10.6. The Bertz CT molecular complexity index is 796. The normalized spacial score (nSPS) is 29.3. The molecule has 1 spiro atoms. The minimum Gasteiger partial charge on any atom is -0.375 e. The Balaban J connectivity index is 1.41. The Morgan fingerprint density at radius 1 is 1.22 bits per heavy atom. The van der Waals surface area contributed by atoms with E-state index in [2.05, 4.69) is 22.9 Å². The highest BCUT2D eigenvalue weighted by Crippen LogP contribution is 2.50. The van der Waals surface area contributed by atoms with Crippen LogP contribution >= 0.6 is 0 Å². The standard InChI is InChI=1S/C22H30N4O/c23-18-7-13-26-19(18)15-17(25-26)6-10-21(20-5-1-4-12-24-20)11-14-27-22(16-21)8-2-3-9-22/h1,4-5,12,15,18H,2-3,6-11,13-14,16,23H2/t18?,21-/m1/s1. The van der Waals surface area contributed by atoms with E-state index < -0.39 is 0 Å². The van der Waals surface area contributed by atoms with Crippen molar-refractivity contribution in [2.24, 2.45) is 5.73 Å². The van der Waals surface area contributed by atoms with Crippen LogP contribution in [0.5, 0.6) is 0 Å². The highest BCUT2D eigenvalue weighted by atomic mass is 16.5. The maximum absolute atomic E-state index is 6.36. The van der Waals surface area contributed by atoms with E-state index in [9.17, 15) is 0 Å². The number of ether oxygens (including phenoxy) is 1. The first-order chi connectivity index (χ1) is 13.2. The summed E-state index contributed by atoms with van der Waals surface area (Å²) < 4.78 is 8.46. The lowest BCUT2D eigenvalue weighted by atomic mass is 9.67. The highest BCUT2D eigenvalue weighted by molar-refractivity contribution is 5.23. The largest absolute Gasteiger partial charge is 0.375 e. The lowest BCUT2D eigenvalue weighted by Gasteiger charge is -2.46. The zero-order valence-electron chi connectivity index (χ0n) is 16.1. The van der Waals surface area contributed by atoms with Gasteiger partial charge in [-0.2, -0.15) is 5.10 Å². The lowest BCUT2D eigenvalue weighted by molar-refractivity contribution is -0.104. The number of fused-ring (bicyclic) bond motifs is 1. The first kappa shape index (κ1) is 17.4. The fourth-order valence-electron chi connectivity index (χ4n) is 5.66. The fraction of sp³-hybridized carbons (Fsp3) is 0.636. The molecule has 144 valence electrons. The molecule has 5 rings (SSSR count). The van der Waals surface area contributed by atoms with Gasteiger partial charge in [-0.3, -0.25) is 9.67 Å². The van der Waals surface area contributed by atoms with Crippen LogP contribution in [-0.4, -0.2) is 27.0 Å². The molecule has 5 heteroatoms. The summed E-state index contributed by atoms with van der Waals surface area (Å²) in [6.07, 6.45) is 12.2. The first-order valence-electron chi connectivity index (χ1n) is 10.6. The number of aryl methyl sites for hydroxylation is 2. The second-order valence-corrected chi connectivity index (χ2v) is 8.84. The summed E-state index contributed by atoms with van der Waals surface area (Å²) in [5.74, 6) is 0. The topological polar surface area (TPSA) is 66.0 Å². The summed E-state index contributed by atoms with van der Waals surface area (Å²) in [5, 5.41) is 4.82. The van der Waals surface area contributed by atoms with Gasteiger partial charge in [0.2, 0.25) is 0 Å². The van der Waals surface area contributed by atoms with Crippen molar-refractivity contribution in [3.63, 3.8) is 0 Å². The zero-order chi connectivity index (χ0) is 18.3. The van der Waals surface area contributed by atoms with Gasteiger partial charge in [-0.25, -0.2) is 0 Å². The van der Waals surface area contributed by atoms with Gasteiger partial charge < -0.3 is 10.5 Å². The molecule has 1 unspecified atom stereocenters. The third-order valence-corrected chi connectivity index (χ3v) is 7.13. The molecule has 3 aliphatic rings. The molecule has 5 nitrogen and oxygen atoms in total. The van der Waals surface area contributed by atoms with Gasteiger partial charge in [-0.1, -0.05) is 18.9 Å². The number of hydrogen-bond donors (Lipinski definition) is 1. The Hall–Kier alpha value is -1.72. The van der Waals surface area contributed by atoms with E-state index in [4.69, 9.17) is 20.6 Å². The zero-order valence-corrected chi connectivity index (χ0v) is 16.1. The molecule has 2 aliphatic heterocycles. The Labute approximate surface area is 161 Å². The fourth-order valence-corrected chi connectivity index (χ4v) is 5.66. The van der Waals surface area contributed by atoms with Crippen LogP contribution in [0.25, 0.3) is 0 Å². The van der Waals surface area contributed by atoms with Crippen molar-refractivity contribution in [3.05, 3.63) is 47.5 Å². The number of nitrogens with two attached hydrogens (primary N) is 1. The molecule has 2 atom stereocenters. The number of pyridine rings is 1. The predicted molar refractivity (Wildman–Crippen MR) is 104 cm³/mol. The summed E-state index contributed by atoms with van der Waals surface area (Å²) in [5.41, 5.74) is 10.0. The summed E-state index contributed by atoms with van der Waals surface area (Å²) in [7, 11) is 0. The smallest absolute Gasteiger partial charge is 0.0691 e. The van der Waals surface area contributed by atoms with E-state index in [0.717, 1.165) is 45.3 Å². The van der Waals surface area contributed by atoms with Gasteiger partial charge in [-0.05, 0) is 63.1 Å². The molecule has 1 saturated heterocycles. The average molecular weight is 367 g/mol. The van der Waals surface area contributed by atoms with E-state index in [1.807, 2.05) is 12.3 Å². The Morgan fingerprint density at radius 2 is 2.11 bits per heavy atom. The molecule has 1 saturated carbocycles. The van der Waals surface area contributed by atoms with Crippen molar-refractivity contribution < 1.29 is 4.74 Å². The maximum atomic E-state index is 6.36. The van der Waals surface area contributed by atoms with Crippen LogP contribution in [0.15, 0.2) is 30.5 Å². The monoisotopic (exact) mass is 366 g/mol. The van der Waals surface area contributed by atoms with Crippen LogP contribution in [-0.2, 0) is 23.1 Å². The van der Waals surface area contributed by atoms with Crippen LogP contribution in [0.1, 0.15) is 74.5 Å². The van der Waals surface area contributed by atoms with Gasteiger partial charge in [-0.15, -0.1) is 0 Å². The molecule has 0 bridgehead atoms. The molecule has 0 aromatic carbocycles. The van der Waals surface area contributed by atoms with Gasteiger partial charge in [0.15, 0.2) is 0 Å². The van der Waals surface area contributed by atoms with Crippen molar-refractivity contribution >= 4 is 0 Å². The van der Waals surface area contributed by atoms with Gasteiger partial charge in [0.05, 0.1) is 17.0 Å². The van der Waals surface area contributed by atoms with Crippen molar-refractivity contribution in [1.29, 1.82) is 0 Å². The SMILES string of the molecule is NC1CCn2nc(CC[C@@]3(c4ccccn4)CCOC4(CCCC4)C3)cc21. The molecule has 1 aliphatic carbocycles. The summed E-state index contributed by atoms with van der Waals surface area (Å²) in [6.45, 7) is 1.81. The van der Waals surface area contributed by atoms with Gasteiger partial charge in [0.1, 0.15) is 0 Å². The van der Waals surface area contributed by atoms with Gasteiger partial charge in [0, 0.05) is 36.5 Å². The molecule has 2 aromatic heterocycles. The van der Waals surface area contributed by atoms with Crippen LogP contribution in [0.3, 0.4) is 0 Å². The Morgan fingerprint density at radius 3 is 2.89 bits per heavy atom. The Kier molecular flexibility index (Phi) is 4.32. The van der Waals surface area contributed by atoms with E-state index in [1.165, 1.54) is 42.8 Å². The molecule has 0 amide bonds. The predicted octanol–water partition coefficient (Wildman–Crippen LogP) is 3.68. The molecule has 27 heavy (non-hydrogen) atoms.